The lowest BCUT2D eigenvalue weighted by atomic mass is 9.98. The molecule has 1 atom stereocenters. The smallest absolute Gasteiger partial charge is 0.231 e. The maximum absolute atomic E-state index is 13.5. The minimum atomic E-state index is -0.307. The molecule has 6 nitrogen and oxygen atoms in total. The summed E-state index contributed by atoms with van der Waals surface area (Å²) in [6.07, 6.45) is 4.08. The molecule has 0 amide bonds. The van der Waals surface area contributed by atoms with Crippen LogP contribution in [-0.2, 0) is 6.67 Å². The summed E-state index contributed by atoms with van der Waals surface area (Å²) in [5.74, 6) is 0.918. The minimum absolute atomic E-state index is 0.172. The zero-order valence-corrected chi connectivity index (χ0v) is 16.6. The van der Waals surface area contributed by atoms with Gasteiger partial charge < -0.3 is 4.52 Å². The summed E-state index contributed by atoms with van der Waals surface area (Å²) in [5.41, 5.74) is 2.78. The molecule has 4 aromatic rings. The zero-order chi connectivity index (χ0) is 19.6. The number of nitrogens with zero attached hydrogens (tertiary/aromatic N) is 5. The fourth-order valence-electron chi connectivity index (χ4n) is 3.74. The summed E-state index contributed by atoms with van der Waals surface area (Å²) in [6.45, 7) is 2.57. The van der Waals surface area contributed by atoms with Gasteiger partial charge in [0, 0.05) is 29.2 Å². The molecule has 1 aliphatic rings. The van der Waals surface area contributed by atoms with Crippen molar-refractivity contribution >= 4 is 11.3 Å². The number of thiophene rings is 1. The number of hydrogen-bond acceptors (Lipinski definition) is 6. The van der Waals surface area contributed by atoms with E-state index in [2.05, 4.69) is 31.9 Å². The first-order valence-corrected chi connectivity index (χ1v) is 10.6. The lowest BCUT2D eigenvalue weighted by Gasteiger charge is -2.30. The van der Waals surface area contributed by atoms with Gasteiger partial charge >= 0.3 is 0 Å². The van der Waals surface area contributed by atoms with Gasteiger partial charge in [-0.3, -0.25) is 9.58 Å². The second-order valence-corrected chi connectivity index (χ2v) is 8.06. The number of benzene rings is 1. The maximum Gasteiger partial charge on any atom is 0.231 e. The van der Waals surface area contributed by atoms with Gasteiger partial charge in [0.1, 0.15) is 5.82 Å². The number of halogens is 1. The second-order valence-electron chi connectivity index (χ2n) is 7.28. The zero-order valence-electron chi connectivity index (χ0n) is 15.7. The average molecular weight is 409 g/mol. The molecular formula is C21H20FN5OS. The second kappa shape index (κ2) is 7.88. The van der Waals surface area contributed by atoms with Crippen molar-refractivity contribution in [2.75, 3.05) is 13.1 Å². The molecule has 4 heterocycles. The number of likely N-dealkylation sites (tertiary alicyclic amines) is 1. The molecule has 1 aromatic carbocycles. The van der Waals surface area contributed by atoms with Gasteiger partial charge in [0.2, 0.25) is 11.7 Å². The van der Waals surface area contributed by atoms with Crippen LogP contribution in [-0.4, -0.2) is 37.9 Å². The Morgan fingerprint density at radius 1 is 1.21 bits per heavy atom. The highest BCUT2D eigenvalue weighted by molar-refractivity contribution is 7.08. The Bertz CT molecular complexity index is 1090. The summed E-state index contributed by atoms with van der Waals surface area (Å²) >= 11 is 1.67. The van der Waals surface area contributed by atoms with E-state index in [1.807, 2.05) is 16.9 Å². The average Bonchev–Trinajstić information content (AvgIpc) is 3.49. The fourth-order valence-corrected chi connectivity index (χ4v) is 4.39. The van der Waals surface area contributed by atoms with Crippen molar-refractivity contribution in [3.8, 4) is 22.6 Å². The Morgan fingerprint density at radius 2 is 2.17 bits per heavy atom. The van der Waals surface area contributed by atoms with Crippen LogP contribution in [0.1, 0.15) is 24.7 Å². The van der Waals surface area contributed by atoms with Crippen LogP contribution in [0.3, 0.4) is 0 Å². The molecule has 3 aromatic heterocycles. The van der Waals surface area contributed by atoms with Crippen molar-refractivity contribution in [2.45, 2.75) is 25.4 Å². The van der Waals surface area contributed by atoms with Gasteiger partial charge in [0.05, 0.1) is 18.3 Å². The molecule has 8 heteroatoms. The Hall–Kier alpha value is -2.84. The summed E-state index contributed by atoms with van der Waals surface area (Å²) in [4.78, 5) is 6.88. The number of rotatable bonds is 5. The normalized spacial score (nSPS) is 17.6. The van der Waals surface area contributed by atoms with Crippen molar-refractivity contribution < 1.29 is 8.91 Å². The third-order valence-electron chi connectivity index (χ3n) is 5.18. The Labute approximate surface area is 171 Å². The van der Waals surface area contributed by atoms with E-state index in [-0.39, 0.29) is 11.7 Å². The van der Waals surface area contributed by atoms with Gasteiger partial charge in [-0.05, 0) is 49.0 Å². The van der Waals surface area contributed by atoms with Crippen molar-refractivity contribution in [3.63, 3.8) is 0 Å². The maximum atomic E-state index is 13.5. The van der Waals surface area contributed by atoms with Crippen LogP contribution in [0.5, 0.6) is 0 Å². The topological polar surface area (TPSA) is 60.0 Å². The molecule has 1 saturated heterocycles. The summed E-state index contributed by atoms with van der Waals surface area (Å²) in [6, 6.07) is 10.4. The predicted molar refractivity (Wildman–Crippen MR) is 109 cm³/mol. The number of hydrogen-bond donors (Lipinski definition) is 0. The molecule has 0 aliphatic carbocycles. The van der Waals surface area contributed by atoms with Gasteiger partial charge in [0.15, 0.2) is 0 Å². The summed E-state index contributed by atoms with van der Waals surface area (Å²) in [5, 5.41) is 12.9. The van der Waals surface area contributed by atoms with E-state index in [1.54, 1.807) is 23.5 Å². The molecule has 0 radical (unpaired) electrons. The van der Waals surface area contributed by atoms with Crippen LogP contribution < -0.4 is 0 Å². The van der Waals surface area contributed by atoms with Crippen LogP contribution in [0.15, 0.2) is 57.9 Å². The highest BCUT2D eigenvalue weighted by atomic mass is 32.1. The first-order chi connectivity index (χ1) is 14.2. The van der Waals surface area contributed by atoms with E-state index >= 15 is 0 Å². The summed E-state index contributed by atoms with van der Waals surface area (Å²) in [7, 11) is 0. The summed E-state index contributed by atoms with van der Waals surface area (Å²) < 4.78 is 21.0. The molecule has 0 spiro atoms. The van der Waals surface area contributed by atoms with Crippen LogP contribution in [0.2, 0.25) is 0 Å². The van der Waals surface area contributed by atoms with Gasteiger partial charge in [-0.25, -0.2) is 4.39 Å². The highest BCUT2D eigenvalue weighted by Crippen LogP contribution is 2.28. The molecular weight excluding hydrogens is 389 g/mol. The fraction of sp³-hybridized carbons (Fsp3) is 0.286. The van der Waals surface area contributed by atoms with E-state index in [4.69, 9.17) is 9.62 Å². The lowest BCUT2D eigenvalue weighted by Crippen LogP contribution is -2.36. The quantitative estimate of drug-likeness (QED) is 0.481. The SMILES string of the molecule is Fc1cccc(-c2noc(C3CCCN(Cn4ccc(-c5ccsc5)n4)C3)n2)c1. The number of piperidine rings is 1. The molecule has 1 fully saturated rings. The molecule has 148 valence electrons. The third-order valence-corrected chi connectivity index (χ3v) is 5.87. The monoisotopic (exact) mass is 409 g/mol. The highest BCUT2D eigenvalue weighted by Gasteiger charge is 2.26. The predicted octanol–water partition coefficient (Wildman–Crippen LogP) is 4.64. The van der Waals surface area contributed by atoms with Crippen molar-refractivity contribution in [1.82, 2.24) is 24.8 Å². The first-order valence-electron chi connectivity index (χ1n) is 9.62. The van der Waals surface area contributed by atoms with Gasteiger partial charge in [-0.2, -0.15) is 21.4 Å². The van der Waals surface area contributed by atoms with Gasteiger partial charge in [-0.1, -0.05) is 17.3 Å². The van der Waals surface area contributed by atoms with Gasteiger partial charge in [-0.15, -0.1) is 0 Å². The van der Waals surface area contributed by atoms with Crippen molar-refractivity contribution in [2.24, 2.45) is 0 Å². The minimum Gasteiger partial charge on any atom is -0.339 e. The Morgan fingerprint density at radius 3 is 3.03 bits per heavy atom. The lowest BCUT2D eigenvalue weighted by molar-refractivity contribution is 0.144. The van der Waals surface area contributed by atoms with Crippen molar-refractivity contribution in [1.29, 1.82) is 0 Å². The molecule has 0 saturated carbocycles. The van der Waals surface area contributed by atoms with E-state index in [0.29, 0.717) is 17.3 Å². The van der Waals surface area contributed by atoms with E-state index in [9.17, 15) is 4.39 Å². The Kier molecular flexibility index (Phi) is 4.95. The molecule has 5 rings (SSSR count). The molecule has 0 bridgehead atoms. The standard InChI is InChI=1S/C21H20FN5OS/c22-18-5-1-3-15(11-18)20-23-21(28-25-20)16-4-2-8-26(12-16)14-27-9-6-19(24-27)17-7-10-29-13-17/h1,3,5-7,9-11,13,16H,2,4,8,12,14H2. The van der Waals surface area contributed by atoms with Crippen molar-refractivity contribution in [3.05, 3.63) is 65.1 Å². The first kappa shape index (κ1) is 18.2. The molecule has 1 aliphatic heterocycles. The third kappa shape index (κ3) is 3.99. The largest absolute Gasteiger partial charge is 0.339 e. The molecule has 29 heavy (non-hydrogen) atoms. The van der Waals surface area contributed by atoms with E-state index in [0.717, 1.165) is 43.9 Å². The number of aromatic nitrogens is 4. The van der Waals surface area contributed by atoms with E-state index in [1.165, 1.54) is 12.1 Å². The van der Waals surface area contributed by atoms with Crippen LogP contribution >= 0.6 is 11.3 Å². The molecule has 0 N–H and O–H groups in total. The molecule has 1 unspecified atom stereocenters. The van der Waals surface area contributed by atoms with Crippen LogP contribution in [0.4, 0.5) is 4.39 Å². The van der Waals surface area contributed by atoms with Gasteiger partial charge in [0.25, 0.3) is 0 Å². The Balaban J connectivity index is 1.26. The van der Waals surface area contributed by atoms with Crippen LogP contribution in [0, 0.1) is 5.82 Å². The van der Waals surface area contributed by atoms with Crippen LogP contribution in [0.25, 0.3) is 22.6 Å². The van der Waals surface area contributed by atoms with E-state index < -0.39 is 0 Å².